The molecule has 0 aromatic carbocycles. The van der Waals surface area contributed by atoms with Crippen LogP contribution in [0.25, 0.3) is 0 Å². The van der Waals surface area contributed by atoms with E-state index in [-0.39, 0.29) is 16.7 Å². The summed E-state index contributed by atoms with van der Waals surface area (Å²) in [6.45, 7) is 29.8. The van der Waals surface area contributed by atoms with E-state index in [2.05, 4.69) is 86.5 Å². The summed E-state index contributed by atoms with van der Waals surface area (Å²) in [7, 11) is 2.21. The molecule has 0 unspecified atom stereocenters. The highest BCUT2D eigenvalue weighted by Crippen LogP contribution is 2.30. The Bertz CT molecular complexity index is 398. The summed E-state index contributed by atoms with van der Waals surface area (Å²) in [6, 6.07) is 0. The Kier molecular flexibility index (Phi) is 15.0. The van der Waals surface area contributed by atoms with E-state index in [1.54, 1.807) is 0 Å². The average Bonchev–Trinajstić information content (AvgIpc) is 2.56. The van der Waals surface area contributed by atoms with Crippen LogP contribution in [-0.2, 0) is 9.47 Å². The van der Waals surface area contributed by atoms with Crippen molar-refractivity contribution in [1.29, 1.82) is 0 Å². The third kappa shape index (κ3) is 17.2. The minimum Gasteiger partial charge on any atom is -0.375 e. The number of ether oxygens (including phenoxy) is 2. The van der Waals surface area contributed by atoms with Crippen molar-refractivity contribution in [2.75, 3.05) is 33.5 Å². The van der Waals surface area contributed by atoms with Crippen LogP contribution in [0.15, 0.2) is 0 Å². The van der Waals surface area contributed by atoms with E-state index in [1.807, 2.05) is 13.8 Å². The smallest absolute Gasteiger partial charge is 0.0648 e. The Morgan fingerprint density at radius 1 is 0.759 bits per heavy atom. The number of rotatable bonds is 14. The third-order valence-electron chi connectivity index (χ3n) is 5.14. The largest absolute Gasteiger partial charge is 0.375 e. The first-order valence-corrected chi connectivity index (χ1v) is 11.8. The summed E-state index contributed by atoms with van der Waals surface area (Å²) in [5, 5.41) is 3.59. The van der Waals surface area contributed by atoms with Crippen LogP contribution in [-0.4, -0.2) is 55.1 Å². The molecule has 4 nitrogen and oxygen atoms in total. The molecule has 0 saturated carbocycles. The third-order valence-corrected chi connectivity index (χ3v) is 5.14. The van der Waals surface area contributed by atoms with Crippen molar-refractivity contribution in [2.45, 2.75) is 126 Å². The molecule has 0 spiro atoms. The van der Waals surface area contributed by atoms with Crippen molar-refractivity contribution in [3.05, 3.63) is 0 Å². The van der Waals surface area contributed by atoms with Gasteiger partial charge in [0.1, 0.15) is 0 Å². The molecule has 0 atom stereocenters. The van der Waals surface area contributed by atoms with Crippen molar-refractivity contribution < 1.29 is 9.47 Å². The van der Waals surface area contributed by atoms with Gasteiger partial charge in [-0.25, -0.2) is 0 Å². The molecule has 0 rings (SSSR count). The molecule has 0 amide bonds. The molecule has 4 heteroatoms. The highest BCUT2D eigenvalue weighted by atomic mass is 16.5. The monoisotopic (exact) mass is 416 g/mol. The summed E-state index contributed by atoms with van der Waals surface area (Å²) in [6.07, 6.45) is 4.15. The van der Waals surface area contributed by atoms with Crippen molar-refractivity contribution in [3.8, 4) is 0 Å². The second kappa shape index (κ2) is 14.0. The van der Waals surface area contributed by atoms with Crippen LogP contribution in [0, 0.1) is 5.41 Å². The summed E-state index contributed by atoms with van der Waals surface area (Å²) in [4.78, 5) is 2.42. The predicted octanol–water partition coefficient (Wildman–Crippen LogP) is 6.49. The molecule has 0 aliphatic rings. The van der Waals surface area contributed by atoms with Crippen molar-refractivity contribution in [1.82, 2.24) is 10.2 Å². The first kappa shape index (κ1) is 31.0. The van der Waals surface area contributed by atoms with E-state index >= 15 is 0 Å². The Labute approximate surface area is 184 Å². The second-order valence-corrected chi connectivity index (χ2v) is 11.1. The SMILES string of the molecule is CC.CCCOC(C)(C)CCOC(C)(C)CCNCN(C)C(C)(C)CC(C)(C)C. The molecule has 1 N–H and O–H groups in total. The first-order valence-electron chi connectivity index (χ1n) is 11.8. The number of hydrogen-bond donors (Lipinski definition) is 1. The van der Waals surface area contributed by atoms with Gasteiger partial charge in [0.15, 0.2) is 0 Å². The molecule has 29 heavy (non-hydrogen) atoms. The van der Waals surface area contributed by atoms with E-state index in [9.17, 15) is 0 Å². The molecular weight excluding hydrogens is 360 g/mol. The number of hydrogen-bond acceptors (Lipinski definition) is 4. The van der Waals surface area contributed by atoms with Crippen molar-refractivity contribution in [3.63, 3.8) is 0 Å². The zero-order chi connectivity index (χ0) is 23.4. The van der Waals surface area contributed by atoms with Crippen LogP contribution in [0.4, 0.5) is 0 Å². The van der Waals surface area contributed by atoms with Crippen LogP contribution < -0.4 is 5.32 Å². The topological polar surface area (TPSA) is 33.7 Å². The number of nitrogens with zero attached hydrogens (tertiary/aromatic N) is 1. The van der Waals surface area contributed by atoms with Gasteiger partial charge in [-0.05, 0) is 86.2 Å². The number of nitrogens with one attached hydrogen (secondary N) is 1. The molecular formula is C25H56N2O2. The lowest BCUT2D eigenvalue weighted by molar-refractivity contribution is -0.0740. The van der Waals surface area contributed by atoms with Crippen LogP contribution in [0.3, 0.4) is 0 Å². The normalized spacial score (nSPS) is 13.4. The van der Waals surface area contributed by atoms with Gasteiger partial charge in [0, 0.05) is 18.8 Å². The fourth-order valence-corrected chi connectivity index (χ4v) is 3.38. The van der Waals surface area contributed by atoms with Gasteiger partial charge >= 0.3 is 0 Å². The van der Waals surface area contributed by atoms with Gasteiger partial charge in [0.05, 0.1) is 17.8 Å². The lowest BCUT2D eigenvalue weighted by Gasteiger charge is -2.40. The molecule has 0 radical (unpaired) electrons. The van der Waals surface area contributed by atoms with Crippen LogP contribution >= 0.6 is 0 Å². The molecule has 0 heterocycles. The second-order valence-electron chi connectivity index (χ2n) is 11.1. The first-order chi connectivity index (χ1) is 13.1. The molecule has 0 bridgehead atoms. The maximum atomic E-state index is 6.15. The van der Waals surface area contributed by atoms with Gasteiger partial charge in [0.25, 0.3) is 0 Å². The summed E-state index contributed by atoms with van der Waals surface area (Å²) in [5.74, 6) is 0. The van der Waals surface area contributed by atoms with E-state index in [4.69, 9.17) is 9.47 Å². The van der Waals surface area contributed by atoms with Crippen molar-refractivity contribution >= 4 is 0 Å². The van der Waals surface area contributed by atoms with E-state index in [0.717, 1.165) is 45.7 Å². The zero-order valence-corrected chi connectivity index (χ0v) is 22.4. The quantitative estimate of drug-likeness (QED) is 0.259. The molecule has 0 aliphatic carbocycles. The Hall–Kier alpha value is -0.160. The summed E-state index contributed by atoms with van der Waals surface area (Å²) >= 11 is 0. The molecule has 0 aromatic rings. The maximum Gasteiger partial charge on any atom is 0.0648 e. The average molecular weight is 417 g/mol. The van der Waals surface area contributed by atoms with Crippen molar-refractivity contribution in [2.24, 2.45) is 5.41 Å². The van der Waals surface area contributed by atoms with Crippen LogP contribution in [0.1, 0.15) is 109 Å². The van der Waals surface area contributed by atoms with Gasteiger partial charge < -0.3 is 14.8 Å². The minimum atomic E-state index is -0.118. The highest BCUT2D eigenvalue weighted by Gasteiger charge is 2.29. The minimum absolute atomic E-state index is 0.105. The molecule has 0 aromatic heterocycles. The lowest BCUT2D eigenvalue weighted by atomic mass is 9.81. The van der Waals surface area contributed by atoms with Crippen LogP contribution in [0.5, 0.6) is 0 Å². The Morgan fingerprint density at radius 3 is 1.72 bits per heavy atom. The van der Waals surface area contributed by atoms with Gasteiger partial charge in [0.2, 0.25) is 0 Å². The maximum absolute atomic E-state index is 6.15. The van der Waals surface area contributed by atoms with E-state index in [0.29, 0.717) is 5.41 Å². The van der Waals surface area contributed by atoms with Gasteiger partial charge in [-0.15, -0.1) is 0 Å². The molecule has 0 saturated heterocycles. The summed E-state index contributed by atoms with van der Waals surface area (Å²) in [5.41, 5.74) is 0.294. The Morgan fingerprint density at radius 2 is 1.24 bits per heavy atom. The lowest BCUT2D eigenvalue weighted by Crippen LogP contribution is -2.48. The fourth-order valence-electron chi connectivity index (χ4n) is 3.38. The highest BCUT2D eigenvalue weighted by molar-refractivity contribution is 4.84. The Balaban J connectivity index is 0. The predicted molar refractivity (Wildman–Crippen MR) is 130 cm³/mol. The molecule has 0 fully saturated rings. The van der Waals surface area contributed by atoms with Crippen LogP contribution in [0.2, 0.25) is 0 Å². The van der Waals surface area contributed by atoms with E-state index < -0.39 is 0 Å². The standard InChI is InChI=1S/C23H50N2O2.C2H6/c1-12-16-26-23(9,10)14-17-27-22(7,8)13-15-24-19-25(11)21(5,6)18-20(2,3)4;1-2/h24H,12-19H2,1-11H3;1-2H3. The fraction of sp³-hybridized carbons (Fsp3) is 1.00. The molecule has 178 valence electrons. The summed E-state index contributed by atoms with van der Waals surface area (Å²) < 4.78 is 12.0. The van der Waals surface area contributed by atoms with Gasteiger partial charge in [-0.3, -0.25) is 4.90 Å². The van der Waals surface area contributed by atoms with E-state index in [1.165, 1.54) is 6.42 Å². The van der Waals surface area contributed by atoms with Gasteiger partial charge in [-0.1, -0.05) is 41.5 Å². The molecule has 0 aliphatic heterocycles. The van der Waals surface area contributed by atoms with Gasteiger partial charge in [-0.2, -0.15) is 0 Å². The zero-order valence-electron chi connectivity index (χ0n) is 22.4.